The zero-order chi connectivity index (χ0) is 24.8. The minimum atomic E-state index is 0.909. The molecule has 4 heteroatoms. The van der Waals surface area contributed by atoms with E-state index in [9.17, 15) is 0 Å². The Labute approximate surface area is 217 Å². The number of benzene rings is 4. The molecule has 38 heavy (non-hydrogen) atoms. The van der Waals surface area contributed by atoms with Gasteiger partial charge in [-0.2, -0.15) is 0 Å². The van der Waals surface area contributed by atoms with Crippen LogP contribution in [0.4, 0.5) is 0 Å². The molecule has 0 saturated heterocycles. The van der Waals surface area contributed by atoms with Gasteiger partial charge in [-0.3, -0.25) is 19.9 Å². The third-order valence-corrected chi connectivity index (χ3v) is 7.95. The highest BCUT2D eigenvalue weighted by molar-refractivity contribution is 6.35. The lowest BCUT2D eigenvalue weighted by molar-refractivity contribution is 1.34. The van der Waals surface area contributed by atoms with Crippen molar-refractivity contribution in [3.63, 3.8) is 0 Å². The Bertz CT molecular complexity index is 2140. The molecule has 0 atom stereocenters. The van der Waals surface area contributed by atoms with Gasteiger partial charge in [-0.25, -0.2) is 0 Å². The summed E-state index contributed by atoms with van der Waals surface area (Å²) in [7, 11) is 0. The predicted octanol–water partition coefficient (Wildman–Crippen LogP) is 8.35. The lowest BCUT2D eigenvalue weighted by Crippen LogP contribution is -1.87. The van der Waals surface area contributed by atoms with Crippen molar-refractivity contribution < 1.29 is 0 Å². The van der Waals surface area contributed by atoms with Gasteiger partial charge in [0, 0.05) is 35.9 Å². The minimum Gasteiger partial charge on any atom is -0.255 e. The maximum atomic E-state index is 4.69. The maximum Gasteiger partial charge on any atom is 0.0892 e. The first kappa shape index (κ1) is 19.9. The summed E-state index contributed by atoms with van der Waals surface area (Å²) in [5.41, 5.74) is 10.7. The van der Waals surface area contributed by atoms with Gasteiger partial charge in [-0.15, -0.1) is 0 Å². The van der Waals surface area contributed by atoms with E-state index < -0.39 is 0 Å². The zero-order valence-corrected chi connectivity index (χ0v) is 20.2. The minimum absolute atomic E-state index is 0.909. The standard InChI is InChI=1S/C34H18N4/c1-3-28-30(35-13-1)15-20(17-37-28)22-9-11-26-27-12-10-23(21-16-31-29(38-18-21)4-2-14-36-31)25-8-6-19-5-7-24(22)33(26)32(19)34(25)27/h1-18H. The SMILES string of the molecule is c1cnc2cc(-c3ccc4c5c3ccc3ccc6c(-c7cnc8cccnc8c7)ccc-4c6c35)cnc2c1. The number of aromatic nitrogens is 4. The summed E-state index contributed by atoms with van der Waals surface area (Å²) in [6.07, 6.45) is 7.58. The average Bonchev–Trinajstić information content (AvgIpc) is 3.33. The fourth-order valence-electron chi connectivity index (χ4n) is 6.26. The summed E-state index contributed by atoms with van der Waals surface area (Å²) in [6.45, 7) is 0. The number of nitrogens with zero attached hydrogens (tertiary/aromatic N) is 4. The molecule has 1 aliphatic rings. The summed E-state index contributed by atoms with van der Waals surface area (Å²) in [5, 5.41) is 7.71. The van der Waals surface area contributed by atoms with E-state index >= 15 is 0 Å². The molecule has 0 aliphatic heterocycles. The predicted molar refractivity (Wildman–Crippen MR) is 155 cm³/mol. The molecule has 0 saturated carbocycles. The van der Waals surface area contributed by atoms with Crippen LogP contribution in [0.2, 0.25) is 0 Å². The molecule has 0 amide bonds. The molecule has 4 aromatic carbocycles. The number of pyridine rings is 4. The Morgan fingerprint density at radius 3 is 1.42 bits per heavy atom. The summed E-state index contributed by atoms with van der Waals surface area (Å²) >= 11 is 0. The molecule has 4 aromatic heterocycles. The van der Waals surface area contributed by atoms with Crippen LogP contribution in [0.15, 0.2) is 110 Å². The van der Waals surface area contributed by atoms with Crippen LogP contribution in [0.3, 0.4) is 0 Å². The molecule has 4 nitrogen and oxygen atoms in total. The molecule has 0 N–H and O–H groups in total. The Hall–Kier alpha value is -5.22. The van der Waals surface area contributed by atoms with Crippen molar-refractivity contribution in [2.45, 2.75) is 0 Å². The molecule has 0 fully saturated rings. The molecule has 0 radical (unpaired) electrons. The zero-order valence-electron chi connectivity index (χ0n) is 20.2. The Balaban J connectivity index is 1.33. The molecular weight excluding hydrogens is 464 g/mol. The van der Waals surface area contributed by atoms with Crippen molar-refractivity contribution in [3.8, 4) is 33.4 Å². The third kappa shape index (κ3) is 2.58. The van der Waals surface area contributed by atoms with Crippen LogP contribution < -0.4 is 0 Å². The second kappa shape index (κ2) is 7.17. The first-order valence-corrected chi connectivity index (χ1v) is 12.7. The lowest BCUT2D eigenvalue weighted by atomic mass is 9.93. The smallest absolute Gasteiger partial charge is 0.0892 e. The first-order chi connectivity index (χ1) is 18.8. The topological polar surface area (TPSA) is 51.6 Å². The molecule has 1 aliphatic carbocycles. The lowest BCUT2D eigenvalue weighted by Gasteiger charge is -2.11. The molecule has 8 aromatic rings. The van der Waals surface area contributed by atoms with Gasteiger partial charge < -0.3 is 0 Å². The number of rotatable bonds is 2. The van der Waals surface area contributed by atoms with Crippen molar-refractivity contribution in [2.75, 3.05) is 0 Å². The van der Waals surface area contributed by atoms with Crippen LogP contribution in [-0.2, 0) is 0 Å². The summed E-state index contributed by atoms with van der Waals surface area (Å²) in [6, 6.07) is 30.2. The largest absolute Gasteiger partial charge is 0.255 e. The van der Waals surface area contributed by atoms with Gasteiger partial charge in [0.2, 0.25) is 0 Å². The molecular formula is C34H18N4. The number of hydrogen-bond acceptors (Lipinski definition) is 4. The second-order valence-corrected chi connectivity index (χ2v) is 9.93. The maximum absolute atomic E-state index is 4.69. The van der Waals surface area contributed by atoms with Gasteiger partial charge in [-0.1, -0.05) is 48.5 Å². The van der Waals surface area contributed by atoms with E-state index in [0.29, 0.717) is 0 Å². The molecule has 0 unspecified atom stereocenters. The van der Waals surface area contributed by atoms with Gasteiger partial charge in [0.25, 0.3) is 0 Å². The molecule has 174 valence electrons. The molecule has 0 bridgehead atoms. The highest BCUT2D eigenvalue weighted by Crippen LogP contribution is 2.51. The van der Waals surface area contributed by atoms with Gasteiger partial charge in [0.1, 0.15) is 0 Å². The van der Waals surface area contributed by atoms with E-state index in [1.54, 1.807) is 0 Å². The van der Waals surface area contributed by atoms with Gasteiger partial charge in [0.15, 0.2) is 0 Å². The Morgan fingerprint density at radius 1 is 0.395 bits per heavy atom. The summed E-state index contributed by atoms with van der Waals surface area (Å²) in [4.78, 5) is 18.5. The van der Waals surface area contributed by atoms with Crippen LogP contribution in [0.1, 0.15) is 0 Å². The normalized spacial score (nSPS) is 12.2. The highest BCUT2D eigenvalue weighted by atomic mass is 14.7. The van der Waals surface area contributed by atoms with Gasteiger partial charge in [0.05, 0.1) is 22.1 Å². The molecule has 0 spiro atoms. The van der Waals surface area contributed by atoms with E-state index in [0.717, 1.165) is 33.2 Å². The van der Waals surface area contributed by atoms with Crippen LogP contribution >= 0.6 is 0 Å². The van der Waals surface area contributed by atoms with Crippen LogP contribution in [0, 0.1) is 0 Å². The summed E-state index contributed by atoms with van der Waals surface area (Å²) in [5.74, 6) is 0. The first-order valence-electron chi connectivity index (χ1n) is 12.7. The van der Waals surface area contributed by atoms with E-state index in [4.69, 9.17) is 0 Å². The summed E-state index contributed by atoms with van der Waals surface area (Å²) < 4.78 is 0. The average molecular weight is 483 g/mol. The van der Waals surface area contributed by atoms with Crippen molar-refractivity contribution in [2.24, 2.45) is 0 Å². The van der Waals surface area contributed by atoms with E-state index in [1.807, 2.05) is 49.1 Å². The van der Waals surface area contributed by atoms with Gasteiger partial charge in [-0.05, 0) is 91.0 Å². The van der Waals surface area contributed by atoms with Gasteiger partial charge >= 0.3 is 0 Å². The van der Waals surface area contributed by atoms with Crippen molar-refractivity contribution in [1.29, 1.82) is 0 Å². The van der Waals surface area contributed by atoms with Crippen molar-refractivity contribution in [1.82, 2.24) is 19.9 Å². The van der Waals surface area contributed by atoms with Crippen LogP contribution in [0.5, 0.6) is 0 Å². The van der Waals surface area contributed by atoms with Crippen LogP contribution in [-0.4, -0.2) is 19.9 Å². The van der Waals surface area contributed by atoms with Crippen molar-refractivity contribution >= 4 is 54.4 Å². The molecule has 4 heterocycles. The fourth-order valence-corrected chi connectivity index (χ4v) is 6.26. The number of fused-ring (bicyclic) bond motifs is 3. The van der Waals surface area contributed by atoms with E-state index in [-0.39, 0.29) is 0 Å². The quantitative estimate of drug-likeness (QED) is 0.232. The van der Waals surface area contributed by atoms with E-state index in [2.05, 4.69) is 80.6 Å². The monoisotopic (exact) mass is 482 g/mol. The van der Waals surface area contributed by atoms with E-state index in [1.165, 1.54) is 54.6 Å². The third-order valence-electron chi connectivity index (χ3n) is 7.95. The Kier molecular flexibility index (Phi) is 3.76. The molecule has 9 rings (SSSR count). The van der Waals surface area contributed by atoms with Crippen LogP contribution in [0.25, 0.3) is 87.8 Å². The van der Waals surface area contributed by atoms with Crippen molar-refractivity contribution in [3.05, 3.63) is 110 Å². The number of hydrogen-bond donors (Lipinski definition) is 0. The Morgan fingerprint density at radius 2 is 0.895 bits per heavy atom. The second-order valence-electron chi connectivity index (χ2n) is 9.93. The highest BCUT2D eigenvalue weighted by Gasteiger charge is 2.23. The fraction of sp³-hybridized carbons (Fsp3) is 0.